The average molecular weight is 215 g/mol. The van der Waals surface area contributed by atoms with Crippen LogP contribution < -0.4 is 5.73 Å². The Morgan fingerprint density at radius 1 is 1.47 bits per heavy atom. The molecule has 0 fully saturated rings. The molecule has 88 valence electrons. The number of nitrogens with two attached hydrogens (primary N) is 1. The van der Waals surface area contributed by atoms with Crippen LogP contribution in [0.1, 0.15) is 40.0 Å². The van der Waals surface area contributed by atoms with Crippen molar-refractivity contribution in [1.29, 1.82) is 0 Å². The van der Waals surface area contributed by atoms with Gasteiger partial charge in [-0.15, -0.1) is 0 Å². The summed E-state index contributed by atoms with van der Waals surface area (Å²) in [6.07, 6.45) is 3.54. The first kappa shape index (κ1) is 16.9. The minimum Gasteiger partial charge on any atom is -0.480 e. The average Bonchev–Trinajstić information content (AvgIpc) is 2.18. The molecular formula is C10H22BNO3. The Hall–Kier alpha value is -0.545. The van der Waals surface area contributed by atoms with Crippen molar-refractivity contribution in [2.45, 2.75) is 46.1 Å². The molecule has 15 heavy (non-hydrogen) atoms. The molecular weight excluding hydrogens is 193 g/mol. The summed E-state index contributed by atoms with van der Waals surface area (Å²) in [5, 5.41) is 8.23. The summed E-state index contributed by atoms with van der Waals surface area (Å²) < 4.78 is 4.34. The van der Waals surface area contributed by atoms with Crippen LogP contribution in [-0.4, -0.2) is 31.8 Å². The molecule has 3 N–H and O–H groups in total. The molecule has 0 aromatic rings. The number of rotatable bonds is 6. The third-order valence-electron chi connectivity index (χ3n) is 1.87. The first-order valence-electron chi connectivity index (χ1n) is 5.27. The second kappa shape index (κ2) is 11.5. The first-order chi connectivity index (χ1) is 6.97. The highest BCUT2D eigenvalue weighted by Crippen LogP contribution is 1.96. The monoisotopic (exact) mass is 215 g/mol. The normalized spacial score (nSPS) is 11.8. The minimum absolute atomic E-state index is 0.0208. The third kappa shape index (κ3) is 13.5. The lowest BCUT2D eigenvalue weighted by Crippen LogP contribution is -2.34. The molecule has 0 bridgehead atoms. The Kier molecular flexibility index (Phi) is 13.0. The summed E-state index contributed by atoms with van der Waals surface area (Å²) >= 11 is 0. The molecule has 2 radical (unpaired) electrons. The largest absolute Gasteiger partial charge is 0.480 e. The molecule has 5 heteroatoms. The molecule has 0 saturated heterocycles. The maximum atomic E-state index is 10.0. The lowest BCUT2D eigenvalue weighted by molar-refractivity contribution is -0.139. The highest BCUT2D eigenvalue weighted by atomic mass is 16.4. The molecule has 0 aliphatic carbocycles. The predicted molar refractivity (Wildman–Crippen MR) is 61.7 cm³/mol. The fourth-order valence-electron chi connectivity index (χ4n) is 0.721. The SMILES string of the molecule is CC(C)[C@H](N)C(=O)O.[B]OCCCCC. The van der Waals surface area contributed by atoms with E-state index in [0.717, 1.165) is 6.42 Å². The lowest BCUT2D eigenvalue weighted by Gasteiger charge is -2.07. The van der Waals surface area contributed by atoms with E-state index in [0.29, 0.717) is 6.61 Å². The molecule has 1 atom stereocenters. The zero-order valence-electron chi connectivity index (χ0n) is 9.90. The van der Waals surface area contributed by atoms with E-state index in [1.165, 1.54) is 12.8 Å². The number of hydrogen-bond donors (Lipinski definition) is 2. The van der Waals surface area contributed by atoms with Crippen LogP contribution in [0.2, 0.25) is 0 Å². The number of carboxylic acids is 1. The van der Waals surface area contributed by atoms with Gasteiger partial charge in [0.25, 0.3) is 8.05 Å². The van der Waals surface area contributed by atoms with Gasteiger partial charge in [-0.3, -0.25) is 4.79 Å². The van der Waals surface area contributed by atoms with Crippen LogP contribution in [0.15, 0.2) is 0 Å². The van der Waals surface area contributed by atoms with Crippen LogP contribution >= 0.6 is 0 Å². The molecule has 0 aromatic carbocycles. The van der Waals surface area contributed by atoms with E-state index in [1.54, 1.807) is 13.8 Å². The summed E-state index contributed by atoms with van der Waals surface area (Å²) in [4.78, 5) is 10.0. The van der Waals surface area contributed by atoms with E-state index in [9.17, 15) is 4.79 Å². The number of unbranched alkanes of at least 4 members (excludes halogenated alkanes) is 2. The van der Waals surface area contributed by atoms with E-state index in [1.807, 2.05) is 0 Å². The van der Waals surface area contributed by atoms with Crippen molar-refractivity contribution >= 4 is 14.0 Å². The van der Waals surface area contributed by atoms with Crippen molar-refractivity contribution in [3.63, 3.8) is 0 Å². The summed E-state index contributed by atoms with van der Waals surface area (Å²) in [6.45, 7) is 6.40. The van der Waals surface area contributed by atoms with Gasteiger partial charge in [-0.05, 0) is 12.3 Å². The maximum Gasteiger partial charge on any atom is 0.320 e. The van der Waals surface area contributed by atoms with Crippen molar-refractivity contribution in [3.8, 4) is 0 Å². The van der Waals surface area contributed by atoms with Crippen molar-refractivity contribution < 1.29 is 14.6 Å². The molecule has 4 nitrogen and oxygen atoms in total. The molecule has 0 aromatic heterocycles. The maximum absolute atomic E-state index is 10.0. The minimum atomic E-state index is -0.931. The lowest BCUT2D eigenvalue weighted by atomic mass is 10.1. The van der Waals surface area contributed by atoms with Gasteiger partial charge in [0, 0.05) is 6.61 Å². The Labute approximate surface area is 93.6 Å². The first-order valence-corrected chi connectivity index (χ1v) is 5.27. The molecule has 0 amide bonds. The second-order valence-electron chi connectivity index (χ2n) is 3.69. The topological polar surface area (TPSA) is 72.6 Å². The number of carbonyl (C=O) groups is 1. The van der Waals surface area contributed by atoms with Gasteiger partial charge < -0.3 is 15.5 Å². The summed E-state index contributed by atoms with van der Waals surface area (Å²) in [5.41, 5.74) is 5.16. The van der Waals surface area contributed by atoms with Gasteiger partial charge in [-0.25, -0.2) is 0 Å². The van der Waals surface area contributed by atoms with Crippen molar-refractivity contribution in [2.75, 3.05) is 6.61 Å². The molecule has 0 spiro atoms. The van der Waals surface area contributed by atoms with Gasteiger partial charge in [0.05, 0.1) is 0 Å². The van der Waals surface area contributed by atoms with Crippen LogP contribution in [0.25, 0.3) is 0 Å². The van der Waals surface area contributed by atoms with Gasteiger partial charge in [0.1, 0.15) is 6.04 Å². The molecule has 0 rings (SSSR count). The van der Waals surface area contributed by atoms with E-state index in [-0.39, 0.29) is 5.92 Å². The van der Waals surface area contributed by atoms with Crippen LogP contribution in [0.4, 0.5) is 0 Å². The van der Waals surface area contributed by atoms with Crippen molar-refractivity contribution in [2.24, 2.45) is 11.7 Å². The predicted octanol–water partition coefficient (Wildman–Crippen LogP) is 1.33. The van der Waals surface area contributed by atoms with Gasteiger partial charge in [0.15, 0.2) is 0 Å². The van der Waals surface area contributed by atoms with Gasteiger partial charge in [0.2, 0.25) is 0 Å². The Morgan fingerprint density at radius 3 is 2.20 bits per heavy atom. The van der Waals surface area contributed by atoms with Crippen LogP contribution in [0.3, 0.4) is 0 Å². The van der Waals surface area contributed by atoms with Crippen LogP contribution in [-0.2, 0) is 9.45 Å². The number of carboxylic acid groups (broad SMARTS) is 1. The fraction of sp³-hybridized carbons (Fsp3) is 0.900. The van der Waals surface area contributed by atoms with Gasteiger partial charge >= 0.3 is 5.97 Å². The Bertz CT molecular complexity index is 150. The summed E-state index contributed by atoms with van der Waals surface area (Å²) in [6, 6.07) is -0.713. The van der Waals surface area contributed by atoms with Gasteiger partial charge in [-0.1, -0.05) is 33.6 Å². The van der Waals surface area contributed by atoms with Crippen LogP contribution in [0.5, 0.6) is 0 Å². The van der Waals surface area contributed by atoms with Crippen molar-refractivity contribution in [3.05, 3.63) is 0 Å². The van der Waals surface area contributed by atoms with Gasteiger partial charge in [-0.2, -0.15) is 0 Å². The van der Waals surface area contributed by atoms with E-state index >= 15 is 0 Å². The Balaban J connectivity index is 0. The zero-order valence-corrected chi connectivity index (χ0v) is 9.90. The summed E-state index contributed by atoms with van der Waals surface area (Å²) in [7, 11) is 4.77. The smallest absolute Gasteiger partial charge is 0.320 e. The number of hydrogen-bond acceptors (Lipinski definition) is 3. The molecule has 0 saturated carbocycles. The van der Waals surface area contributed by atoms with Crippen LogP contribution in [0, 0.1) is 5.92 Å². The molecule has 0 unspecified atom stereocenters. The summed E-state index contributed by atoms with van der Waals surface area (Å²) in [5.74, 6) is -0.910. The van der Waals surface area contributed by atoms with E-state index < -0.39 is 12.0 Å². The quantitative estimate of drug-likeness (QED) is 0.517. The zero-order chi connectivity index (χ0) is 12.3. The van der Waals surface area contributed by atoms with E-state index in [4.69, 9.17) is 18.9 Å². The molecule has 0 aliphatic rings. The third-order valence-corrected chi connectivity index (χ3v) is 1.87. The second-order valence-corrected chi connectivity index (χ2v) is 3.69. The highest BCUT2D eigenvalue weighted by molar-refractivity contribution is 5.97. The standard InChI is InChI=1S/C5H11BO.C5H11NO2/c1-2-3-4-5-7-6;1-3(2)4(6)5(7)8/h2-5H2,1H3;3-4H,6H2,1-2H3,(H,7,8)/t;4-/m.0/s1. The number of aliphatic carboxylic acids is 1. The molecule has 0 heterocycles. The Morgan fingerprint density at radius 2 is 2.00 bits per heavy atom. The highest BCUT2D eigenvalue weighted by Gasteiger charge is 2.14. The fourth-order valence-corrected chi connectivity index (χ4v) is 0.721. The van der Waals surface area contributed by atoms with Crippen molar-refractivity contribution in [1.82, 2.24) is 0 Å². The van der Waals surface area contributed by atoms with E-state index in [2.05, 4.69) is 11.6 Å². The molecule has 0 aliphatic heterocycles.